The van der Waals surface area contributed by atoms with Crippen molar-refractivity contribution in [3.05, 3.63) is 22.6 Å². The second-order valence-electron chi connectivity index (χ2n) is 6.18. The third kappa shape index (κ3) is 3.74. The van der Waals surface area contributed by atoms with E-state index in [1.165, 1.54) is 25.6 Å². The average molecular weight is 398 g/mol. The molecule has 0 saturated carbocycles. The lowest BCUT2D eigenvalue weighted by Gasteiger charge is -2.32. The van der Waals surface area contributed by atoms with Crippen LogP contribution in [0.4, 0.5) is 5.69 Å². The molecule has 150 valence electrons. The van der Waals surface area contributed by atoms with Crippen molar-refractivity contribution in [1.82, 2.24) is 5.32 Å². The molecule has 1 atom stereocenters. The Morgan fingerprint density at radius 1 is 1.19 bits per heavy atom. The van der Waals surface area contributed by atoms with Crippen molar-refractivity contribution >= 4 is 27.2 Å². The van der Waals surface area contributed by atoms with E-state index in [4.69, 9.17) is 14.2 Å². The number of amides is 1. The lowest BCUT2D eigenvalue weighted by molar-refractivity contribution is -0.117. The van der Waals surface area contributed by atoms with Gasteiger partial charge in [-0.15, -0.1) is 0 Å². The molecule has 1 amide bonds. The summed E-state index contributed by atoms with van der Waals surface area (Å²) in [4.78, 5) is 12.5. The van der Waals surface area contributed by atoms with Crippen LogP contribution in [0.15, 0.2) is 17.0 Å². The summed E-state index contributed by atoms with van der Waals surface area (Å²) in [7, 11) is 0.479. The topological polar surface area (TPSA) is 94.2 Å². The van der Waals surface area contributed by atoms with E-state index in [0.717, 1.165) is 0 Å². The number of hydrogen-bond acceptors (Lipinski definition) is 6. The Bertz CT molecular complexity index is 863. The van der Waals surface area contributed by atoms with E-state index in [-0.39, 0.29) is 24.1 Å². The highest BCUT2D eigenvalue weighted by atomic mass is 32.2. The predicted octanol–water partition coefficient (Wildman–Crippen LogP) is 1.76. The Labute approximate surface area is 160 Å². The minimum absolute atomic E-state index is 0.169. The molecule has 0 aromatic heterocycles. The van der Waals surface area contributed by atoms with E-state index in [0.29, 0.717) is 28.3 Å². The SMILES string of the molecule is CCN1c2cc(OC)c(OC)cc2C(C)=C(C(=O)NC(C)COC)S1(=O)=O. The summed E-state index contributed by atoms with van der Waals surface area (Å²) in [6, 6.07) is 2.97. The van der Waals surface area contributed by atoms with Gasteiger partial charge in [0.2, 0.25) is 0 Å². The number of hydrogen-bond donors (Lipinski definition) is 1. The normalized spacial score (nSPS) is 16.6. The second-order valence-corrected chi connectivity index (χ2v) is 7.98. The molecule has 0 saturated heterocycles. The van der Waals surface area contributed by atoms with E-state index < -0.39 is 15.9 Å². The van der Waals surface area contributed by atoms with E-state index in [1.807, 2.05) is 0 Å². The smallest absolute Gasteiger partial charge is 0.270 e. The third-order valence-corrected chi connectivity index (χ3v) is 6.39. The van der Waals surface area contributed by atoms with Gasteiger partial charge >= 0.3 is 0 Å². The first-order valence-corrected chi connectivity index (χ1v) is 9.96. The Kier molecular flexibility index (Phi) is 6.38. The van der Waals surface area contributed by atoms with Crippen molar-refractivity contribution in [3.63, 3.8) is 0 Å². The summed E-state index contributed by atoms with van der Waals surface area (Å²) in [5, 5.41) is 2.68. The number of nitrogens with zero attached hydrogens (tertiary/aromatic N) is 1. The van der Waals surface area contributed by atoms with Gasteiger partial charge in [0.15, 0.2) is 16.4 Å². The number of carbonyl (C=O) groups is 1. The van der Waals surface area contributed by atoms with Crippen LogP contribution in [0, 0.1) is 0 Å². The molecule has 0 spiro atoms. The van der Waals surface area contributed by atoms with Crippen molar-refractivity contribution in [2.45, 2.75) is 26.8 Å². The minimum Gasteiger partial charge on any atom is -0.493 e. The van der Waals surface area contributed by atoms with Crippen LogP contribution < -0.4 is 19.1 Å². The maximum Gasteiger partial charge on any atom is 0.270 e. The number of sulfonamides is 1. The van der Waals surface area contributed by atoms with Gasteiger partial charge in [0.25, 0.3) is 15.9 Å². The first-order valence-electron chi connectivity index (χ1n) is 8.52. The lowest BCUT2D eigenvalue weighted by atomic mass is 10.0. The molecule has 8 nitrogen and oxygen atoms in total. The van der Waals surface area contributed by atoms with Crippen LogP contribution in [-0.2, 0) is 19.6 Å². The monoisotopic (exact) mass is 398 g/mol. The summed E-state index contributed by atoms with van der Waals surface area (Å²) in [5.41, 5.74) is 1.42. The number of allylic oxidation sites excluding steroid dienone is 1. The van der Waals surface area contributed by atoms with Crippen molar-refractivity contribution < 1.29 is 27.4 Å². The van der Waals surface area contributed by atoms with Crippen molar-refractivity contribution in [1.29, 1.82) is 0 Å². The molecule has 1 heterocycles. The summed E-state index contributed by atoms with van der Waals surface area (Å²) in [6.07, 6.45) is 0. The van der Waals surface area contributed by atoms with Gasteiger partial charge < -0.3 is 19.5 Å². The van der Waals surface area contributed by atoms with Gasteiger partial charge in [-0.2, -0.15) is 0 Å². The molecule has 0 aliphatic carbocycles. The summed E-state index contributed by atoms with van der Waals surface area (Å²) >= 11 is 0. The number of fused-ring (bicyclic) bond motifs is 1. The van der Waals surface area contributed by atoms with Gasteiger partial charge in [0, 0.05) is 31.3 Å². The van der Waals surface area contributed by atoms with E-state index in [9.17, 15) is 13.2 Å². The maximum absolute atomic E-state index is 13.2. The molecule has 0 radical (unpaired) electrons. The van der Waals surface area contributed by atoms with Gasteiger partial charge in [-0.25, -0.2) is 8.42 Å². The Hall–Kier alpha value is -2.26. The van der Waals surface area contributed by atoms with Crippen molar-refractivity contribution in [2.75, 3.05) is 38.8 Å². The van der Waals surface area contributed by atoms with E-state index in [2.05, 4.69) is 5.32 Å². The summed E-state index contributed by atoms with van der Waals surface area (Å²) in [6.45, 7) is 5.51. The Morgan fingerprint density at radius 2 is 1.78 bits per heavy atom. The highest BCUT2D eigenvalue weighted by Crippen LogP contribution is 2.44. The molecule has 27 heavy (non-hydrogen) atoms. The van der Waals surface area contributed by atoms with Crippen LogP contribution in [0.25, 0.3) is 5.57 Å². The standard InChI is InChI=1S/C18H26N2O6S/c1-7-20-14-9-16(26-6)15(25-5)8-13(14)12(3)17(27(20,22)23)18(21)19-11(2)10-24-4/h8-9,11H,7,10H2,1-6H3,(H,19,21). The van der Waals surface area contributed by atoms with Gasteiger partial charge in [-0.05, 0) is 32.4 Å². The molecule has 2 rings (SSSR count). The summed E-state index contributed by atoms with van der Waals surface area (Å²) in [5.74, 6) is 0.216. The quantitative estimate of drug-likeness (QED) is 0.752. The highest BCUT2D eigenvalue weighted by molar-refractivity contribution is 7.97. The number of carbonyl (C=O) groups excluding carboxylic acids is 1. The Balaban J connectivity index is 2.68. The van der Waals surface area contributed by atoms with Crippen LogP contribution in [-0.4, -0.2) is 54.8 Å². The fraction of sp³-hybridized carbons (Fsp3) is 0.500. The molecule has 1 N–H and O–H groups in total. The van der Waals surface area contributed by atoms with Gasteiger partial charge in [0.1, 0.15) is 0 Å². The first-order chi connectivity index (χ1) is 12.7. The minimum atomic E-state index is -4.02. The molecule has 1 aliphatic heterocycles. The number of anilines is 1. The van der Waals surface area contributed by atoms with Crippen LogP contribution in [0.5, 0.6) is 11.5 Å². The maximum atomic E-state index is 13.2. The van der Waals surface area contributed by atoms with Gasteiger partial charge in [0.05, 0.1) is 26.5 Å². The van der Waals surface area contributed by atoms with Gasteiger partial charge in [-0.1, -0.05) is 0 Å². The molecule has 9 heteroatoms. The molecular weight excluding hydrogens is 372 g/mol. The van der Waals surface area contributed by atoms with Crippen molar-refractivity contribution in [3.8, 4) is 11.5 Å². The molecule has 0 bridgehead atoms. The largest absolute Gasteiger partial charge is 0.493 e. The van der Waals surface area contributed by atoms with Crippen LogP contribution in [0.3, 0.4) is 0 Å². The highest BCUT2D eigenvalue weighted by Gasteiger charge is 2.39. The zero-order valence-electron chi connectivity index (χ0n) is 16.5. The van der Waals surface area contributed by atoms with Crippen LogP contribution in [0.1, 0.15) is 26.3 Å². The second kappa shape index (κ2) is 8.18. The number of rotatable bonds is 7. The van der Waals surface area contributed by atoms with Crippen LogP contribution in [0.2, 0.25) is 0 Å². The predicted molar refractivity (Wildman–Crippen MR) is 104 cm³/mol. The summed E-state index contributed by atoms with van der Waals surface area (Å²) < 4.78 is 43.1. The number of nitrogens with one attached hydrogen (secondary N) is 1. The van der Waals surface area contributed by atoms with Crippen LogP contribution >= 0.6 is 0 Å². The van der Waals surface area contributed by atoms with Crippen molar-refractivity contribution in [2.24, 2.45) is 0 Å². The lowest BCUT2D eigenvalue weighted by Crippen LogP contribution is -2.44. The van der Waals surface area contributed by atoms with E-state index >= 15 is 0 Å². The molecule has 1 aromatic carbocycles. The van der Waals surface area contributed by atoms with E-state index in [1.54, 1.807) is 32.9 Å². The molecule has 1 aliphatic rings. The van der Waals surface area contributed by atoms with Gasteiger partial charge in [-0.3, -0.25) is 9.10 Å². The molecule has 0 fully saturated rings. The first kappa shape index (κ1) is 21.0. The third-order valence-electron chi connectivity index (χ3n) is 4.35. The molecule has 1 unspecified atom stereocenters. The average Bonchev–Trinajstić information content (AvgIpc) is 2.60. The fourth-order valence-electron chi connectivity index (χ4n) is 3.14. The molecular formula is C18H26N2O6S. The number of methoxy groups -OCH3 is 3. The Morgan fingerprint density at radius 3 is 2.30 bits per heavy atom. The molecule has 1 aromatic rings. The zero-order chi connectivity index (χ0) is 20.4. The zero-order valence-corrected chi connectivity index (χ0v) is 17.3. The number of ether oxygens (including phenoxy) is 3. The fourth-order valence-corrected chi connectivity index (χ4v) is 4.90. The number of benzene rings is 1.